The molecule has 4 aliphatic carbocycles. The lowest BCUT2D eigenvalue weighted by molar-refractivity contribution is -0.195. The van der Waals surface area contributed by atoms with Crippen LogP contribution in [-0.2, 0) is 4.79 Å². The molecule has 128 valence electrons. The summed E-state index contributed by atoms with van der Waals surface area (Å²) in [6, 6.07) is 0. The van der Waals surface area contributed by atoms with Gasteiger partial charge in [0.15, 0.2) is 5.78 Å². The summed E-state index contributed by atoms with van der Waals surface area (Å²) >= 11 is 0. The normalized spacial score (nSPS) is 49.5. The van der Waals surface area contributed by atoms with Gasteiger partial charge < -0.3 is 0 Å². The van der Waals surface area contributed by atoms with E-state index in [4.69, 9.17) is 0 Å². The van der Waals surface area contributed by atoms with E-state index in [0.29, 0.717) is 36.5 Å². The molecule has 0 N–H and O–H groups in total. The van der Waals surface area contributed by atoms with Crippen LogP contribution in [0.2, 0.25) is 0 Å². The minimum Gasteiger partial charge on any atom is -0.294 e. The van der Waals surface area contributed by atoms with E-state index in [9.17, 15) is 18.0 Å². The molecule has 3 saturated carbocycles. The number of alkyl halides is 3. The lowest BCUT2D eigenvalue weighted by Crippen LogP contribution is -2.49. The van der Waals surface area contributed by atoms with Crippen molar-refractivity contribution in [3.8, 4) is 0 Å². The molecule has 0 aromatic carbocycles. The van der Waals surface area contributed by atoms with Gasteiger partial charge in [-0.15, -0.1) is 0 Å². The van der Waals surface area contributed by atoms with Crippen LogP contribution in [0.4, 0.5) is 13.2 Å². The first-order valence-electron chi connectivity index (χ1n) is 9.10. The van der Waals surface area contributed by atoms with Crippen LogP contribution in [0.25, 0.3) is 0 Å². The van der Waals surface area contributed by atoms with Gasteiger partial charge in [-0.2, -0.15) is 13.2 Å². The second kappa shape index (κ2) is 5.10. The van der Waals surface area contributed by atoms with Crippen molar-refractivity contribution in [2.45, 2.75) is 58.0 Å². The minimum atomic E-state index is -4.02. The number of hydrogen-bond donors (Lipinski definition) is 0. The Labute approximate surface area is 135 Å². The van der Waals surface area contributed by atoms with E-state index in [-0.39, 0.29) is 17.1 Å². The second-order valence-electron chi connectivity index (χ2n) is 8.59. The number of fused-ring (bicyclic) bond motifs is 5. The number of rotatable bonds is 0. The number of carbonyl (C=O) groups is 1. The molecule has 0 bridgehead atoms. The fourth-order valence-corrected chi connectivity index (χ4v) is 6.42. The van der Waals surface area contributed by atoms with E-state index in [2.05, 4.69) is 13.0 Å². The van der Waals surface area contributed by atoms with Gasteiger partial charge in [0.05, 0.1) is 5.92 Å². The summed E-state index contributed by atoms with van der Waals surface area (Å²) in [6.45, 7) is 2.10. The molecule has 3 fully saturated rings. The van der Waals surface area contributed by atoms with Crippen LogP contribution in [0.3, 0.4) is 0 Å². The summed E-state index contributed by atoms with van der Waals surface area (Å²) in [7, 11) is 0. The van der Waals surface area contributed by atoms with Gasteiger partial charge in [0.25, 0.3) is 0 Å². The average molecular weight is 326 g/mol. The predicted molar refractivity (Wildman–Crippen MR) is 81.6 cm³/mol. The summed E-state index contributed by atoms with van der Waals surface area (Å²) in [5, 5.41) is 0. The van der Waals surface area contributed by atoms with Crippen LogP contribution in [0.5, 0.6) is 0 Å². The molecule has 4 heteroatoms. The number of hydrogen-bond acceptors (Lipinski definition) is 1. The van der Waals surface area contributed by atoms with Gasteiger partial charge in [0.1, 0.15) is 0 Å². The van der Waals surface area contributed by atoms with E-state index in [0.717, 1.165) is 32.1 Å². The highest BCUT2D eigenvalue weighted by atomic mass is 19.4. The lowest BCUT2D eigenvalue weighted by Gasteiger charge is -2.54. The molecule has 0 aromatic heterocycles. The Morgan fingerprint density at radius 1 is 1.04 bits per heavy atom. The van der Waals surface area contributed by atoms with Crippen LogP contribution in [0.15, 0.2) is 12.2 Å². The van der Waals surface area contributed by atoms with E-state index >= 15 is 0 Å². The van der Waals surface area contributed by atoms with Crippen LogP contribution in [0, 0.1) is 40.9 Å². The van der Waals surface area contributed by atoms with Crippen molar-refractivity contribution in [3.05, 3.63) is 12.2 Å². The summed E-state index contributed by atoms with van der Waals surface area (Å²) in [6.07, 6.45) is 5.12. The first kappa shape index (κ1) is 15.7. The van der Waals surface area contributed by atoms with Crippen molar-refractivity contribution in [2.75, 3.05) is 0 Å². The van der Waals surface area contributed by atoms with Gasteiger partial charge in [0.2, 0.25) is 0 Å². The summed E-state index contributed by atoms with van der Waals surface area (Å²) in [4.78, 5) is 12.2. The fourth-order valence-electron chi connectivity index (χ4n) is 6.42. The van der Waals surface area contributed by atoms with Crippen molar-refractivity contribution in [1.29, 1.82) is 0 Å². The topological polar surface area (TPSA) is 17.1 Å². The van der Waals surface area contributed by atoms with E-state index in [1.54, 1.807) is 6.08 Å². The van der Waals surface area contributed by atoms with Crippen LogP contribution >= 0.6 is 0 Å². The molecule has 0 radical (unpaired) electrons. The highest BCUT2D eigenvalue weighted by molar-refractivity contribution is 5.97. The lowest BCUT2D eigenvalue weighted by atomic mass is 9.50. The largest absolute Gasteiger partial charge is 0.391 e. The third kappa shape index (κ3) is 2.31. The van der Waals surface area contributed by atoms with Gasteiger partial charge in [0, 0.05) is 5.41 Å². The van der Waals surface area contributed by atoms with E-state index in [1.165, 1.54) is 0 Å². The third-order valence-electron chi connectivity index (χ3n) is 7.69. The summed E-state index contributed by atoms with van der Waals surface area (Å²) < 4.78 is 39.2. The standard InChI is InChI=1S/C19H25F3O/c1-18-9-8-14-13-5-3-12(19(20,21)22)10-11(13)2-4-15(14)16(18)6-7-17(18)23/h6-7,11-16H,2-5,8-10H2,1H3/t11-,12+,13+,14?,15-,16?,18+/m1/s1. The Morgan fingerprint density at radius 2 is 1.78 bits per heavy atom. The molecular weight excluding hydrogens is 301 g/mol. The Morgan fingerprint density at radius 3 is 2.52 bits per heavy atom. The fraction of sp³-hybridized carbons (Fsp3) is 0.842. The molecule has 1 nitrogen and oxygen atoms in total. The zero-order valence-electron chi connectivity index (χ0n) is 13.6. The average Bonchev–Trinajstić information content (AvgIpc) is 2.81. The quantitative estimate of drug-likeness (QED) is 0.601. The Bertz CT molecular complexity index is 537. The first-order chi connectivity index (χ1) is 10.8. The molecule has 0 saturated heterocycles. The molecule has 0 heterocycles. The van der Waals surface area contributed by atoms with Gasteiger partial charge in [-0.3, -0.25) is 4.79 Å². The number of ketones is 1. The predicted octanol–water partition coefficient (Wildman–Crippen LogP) is 5.16. The molecule has 2 unspecified atom stereocenters. The maximum atomic E-state index is 13.1. The maximum absolute atomic E-state index is 13.1. The van der Waals surface area contributed by atoms with Gasteiger partial charge in [-0.05, 0) is 80.6 Å². The van der Waals surface area contributed by atoms with Crippen molar-refractivity contribution in [2.24, 2.45) is 40.9 Å². The van der Waals surface area contributed by atoms with Crippen molar-refractivity contribution in [1.82, 2.24) is 0 Å². The number of halogens is 3. The molecule has 7 atom stereocenters. The Balaban J connectivity index is 1.53. The zero-order chi connectivity index (χ0) is 16.4. The maximum Gasteiger partial charge on any atom is 0.391 e. The smallest absolute Gasteiger partial charge is 0.294 e. The molecule has 23 heavy (non-hydrogen) atoms. The van der Waals surface area contributed by atoms with E-state index in [1.807, 2.05) is 0 Å². The first-order valence-corrected chi connectivity index (χ1v) is 9.10. The zero-order valence-corrected chi connectivity index (χ0v) is 13.6. The molecule has 4 rings (SSSR count). The molecular formula is C19H25F3O. The Kier molecular flexibility index (Phi) is 3.48. The molecule has 0 aliphatic heterocycles. The molecule has 0 aromatic rings. The number of carbonyl (C=O) groups excluding carboxylic acids is 1. The highest BCUT2D eigenvalue weighted by Gasteiger charge is 2.56. The molecule has 0 spiro atoms. The van der Waals surface area contributed by atoms with Gasteiger partial charge >= 0.3 is 6.18 Å². The monoisotopic (exact) mass is 326 g/mol. The summed E-state index contributed by atoms with van der Waals surface area (Å²) in [5.74, 6) is 1.28. The van der Waals surface area contributed by atoms with Crippen LogP contribution < -0.4 is 0 Å². The van der Waals surface area contributed by atoms with Gasteiger partial charge in [-0.25, -0.2) is 0 Å². The van der Waals surface area contributed by atoms with Crippen LogP contribution in [0.1, 0.15) is 51.9 Å². The Hall–Kier alpha value is -0.800. The summed E-state index contributed by atoms with van der Waals surface area (Å²) in [5.41, 5.74) is -0.225. The SMILES string of the molecule is C[C@]12CCC3[C@@H](CC[C@@H]4C[C@@H](C(F)(F)F)CC[C@H]34)C1C=CC2=O. The van der Waals surface area contributed by atoms with Crippen LogP contribution in [-0.4, -0.2) is 12.0 Å². The highest BCUT2D eigenvalue weighted by Crippen LogP contribution is 2.60. The second-order valence-corrected chi connectivity index (χ2v) is 8.59. The number of allylic oxidation sites excluding steroid dienone is 2. The molecule has 0 amide bonds. The minimum absolute atomic E-state index is 0.225. The third-order valence-corrected chi connectivity index (χ3v) is 7.69. The van der Waals surface area contributed by atoms with Crippen molar-refractivity contribution in [3.63, 3.8) is 0 Å². The van der Waals surface area contributed by atoms with Gasteiger partial charge in [-0.1, -0.05) is 13.0 Å². The molecule has 4 aliphatic rings. The van der Waals surface area contributed by atoms with Crippen molar-refractivity contribution < 1.29 is 18.0 Å². The van der Waals surface area contributed by atoms with Crippen molar-refractivity contribution >= 4 is 5.78 Å². The van der Waals surface area contributed by atoms with E-state index < -0.39 is 12.1 Å².